The lowest BCUT2D eigenvalue weighted by Crippen LogP contribution is -2.56. The van der Waals surface area contributed by atoms with E-state index in [0.29, 0.717) is 17.5 Å². The van der Waals surface area contributed by atoms with Gasteiger partial charge in [0.25, 0.3) is 0 Å². The Balaban J connectivity index is 1.51. The first-order valence-electron chi connectivity index (χ1n) is 14.0. The van der Waals surface area contributed by atoms with Gasteiger partial charge in [-0.3, -0.25) is 14.4 Å². The Bertz CT molecular complexity index is 1580. The highest BCUT2D eigenvalue weighted by Gasteiger charge is 2.54. The van der Waals surface area contributed by atoms with E-state index >= 15 is 0 Å². The predicted octanol–water partition coefficient (Wildman–Crippen LogP) is 2.58. The van der Waals surface area contributed by atoms with Crippen molar-refractivity contribution in [3.05, 3.63) is 63.8 Å². The third kappa shape index (κ3) is 4.06. The molecule has 0 bridgehead atoms. The zero-order valence-corrected chi connectivity index (χ0v) is 23.5. The highest BCUT2D eigenvalue weighted by atomic mass is 16.7. The number of carbonyl (C=O) groups is 4. The fraction of sp³-hybridized carbons (Fsp3) is 0.419. The number of benzene rings is 2. The van der Waals surface area contributed by atoms with Crippen LogP contribution >= 0.6 is 0 Å². The molecule has 4 aliphatic rings. The molecular weight excluding hydrogens is 546 g/mol. The number of carbonyl (C=O) groups excluding carboxylic acids is 4. The van der Waals surface area contributed by atoms with Gasteiger partial charge in [-0.05, 0) is 49.9 Å². The van der Waals surface area contributed by atoms with E-state index in [1.165, 1.54) is 31.2 Å². The number of allylic oxidation sites excluding steroid dienone is 2. The second-order valence-electron chi connectivity index (χ2n) is 11.4. The van der Waals surface area contributed by atoms with Gasteiger partial charge in [-0.25, -0.2) is 4.79 Å². The molecule has 0 radical (unpaired) electrons. The van der Waals surface area contributed by atoms with Crippen molar-refractivity contribution >= 4 is 28.9 Å². The monoisotopic (exact) mass is 577 g/mol. The fourth-order valence-electron chi connectivity index (χ4n) is 6.16. The SMILES string of the molecule is CCC(C)CC1C(=O)OC2c3cc(C)cc(O)c3C3=C(C(=O)c4c(OC5OC(C)C(=O)C(O)C5O)cccc4C3=O)N12. The molecule has 6 rings (SSSR count). The van der Waals surface area contributed by atoms with Crippen LogP contribution in [0.2, 0.25) is 0 Å². The van der Waals surface area contributed by atoms with Crippen LogP contribution < -0.4 is 4.74 Å². The molecular formula is C31H31NO10. The minimum absolute atomic E-state index is 0.0134. The van der Waals surface area contributed by atoms with Gasteiger partial charge in [0.2, 0.25) is 18.3 Å². The lowest BCUT2D eigenvalue weighted by molar-refractivity contribution is -0.222. The van der Waals surface area contributed by atoms with E-state index in [1.807, 2.05) is 13.8 Å². The molecule has 3 N–H and O–H groups in total. The highest BCUT2D eigenvalue weighted by Crippen LogP contribution is 2.52. The van der Waals surface area contributed by atoms with Crippen LogP contribution in [0.15, 0.2) is 36.0 Å². The number of rotatable bonds is 5. The summed E-state index contributed by atoms with van der Waals surface area (Å²) in [4.78, 5) is 55.6. The number of ketones is 3. The molecule has 1 aliphatic carbocycles. The Labute approximate surface area is 241 Å². The number of Topliss-reactive ketones (excluding diaryl/α,β-unsaturated/α-hetero) is 3. The molecule has 0 saturated carbocycles. The average molecular weight is 578 g/mol. The Morgan fingerprint density at radius 1 is 1.07 bits per heavy atom. The molecule has 2 aromatic carbocycles. The summed E-state index contributed by atoms with van der Waals surface area (Å²) in [6.45, 7) is 7.13. The van der Waals surface area contributed by atoms with Crippen molar-refractivity contribution < 1.29 is 48.7 Å². The molecule has 2 saturated heterocycles. The molecule has 7 atom stereocenters. The number of phenols is 1. The normalized spacial score (nSPS) is 29.0. The molecule has 3 aliphatic heterocycles. The number of ether oxygens (including phenoxy) is 3. The molecule has 3 heterocycles. The van der Waals surface area contributed by atoms with Crippen LogP contribution in [0.3, 0.4) is 0 Å². The van der Waals surface area contributed by atoms with E-state index in [0.717, 1.165) is 6.42 Å². The van der Waals surface area contributed by atoms with Gasteiger partial charge in [0.1, 0.15) is 41.5 Å². The first-order chi connectivity index (χ1) is 19.9. The number of fused-ring (bicyclic) bond motifs is 6. The van der Waals surface area contributed by atoms with Crippen LogP contribution in [0.1, 0.15) is 77.2 Å². The summed E-state index contributed by atoms with van der Waals surface area (Å²) >= 11 is 0. The smallest absolute Gasteiger partial charge is 0.331 e. The third-order valence-electron chi connectivity index (χ3n) is 8.53. The summed E-state index contributed by atoms with van der Waals surface area (Å²) in [5, 5.41) is 31.7. The van der Waals surface area contributed by atoms with Crippen molar-refractivity contribution in [1.29, 1.82) is 0 Å². The van der Waals surface area contributed by atoms with Gasteiger partial charge >= 0.3 is 5.97 Å². The van der Waals surface area contributed by atoms with Crippen molar-refractivity contribution in [2.75, 3.05) is 0 Å². The summed E-state index contributed by atoms with van der Waals surface area (Å²) in [7, 11) is 0. The second-order valence-corrected chi connectivity index (χ2v) is 11.4. The molecule has 220 valence electrons. The van der Waals surface area contributed by atoms with Crippen molar-refractivity contribution in [3.8, 4) is 11.5 Å². The number of hydrogen-bond acceptors (Lipinski definition) is 11. The molecule has 42 heavy (non-hydrogen) atoms. The van der Waals surface area contributed by atoms with E-state index in [-0.39, 0.29) is 45.4 Å². The number of esters is 1. The van der Waals surface area contributed by atoms with Gasteiger partial charge in [-0.15, -0.1) is 0 Å². The van der Waals surface area contributed by atoms with E-state index in [1.54, 1.807) is 17.9 Å². The summed E-state index contributed by atoms with van der Waals surface area (Å²) in [6, 6.07) is 6.71. The van der Waals surface area contributed by atoms with Crippen molar-refractivity contribution in [1.82, 2.24) is 4.90 Å². The zero-order chi connectivity index (χ0) is 30.2. The van der Waals surface area contributed by atoms with Crippen molar-refractivity contribution in [2.45, 2.75) is 77.4 Å². The first kappa shape index (κ1) is 28.1. The topological polar surface area (TPSA) is 160 Å². The van der Waals surface area contributed by atoms with Crippen molar-refractivity contribution in [3.63, 3.8) is 0 Å². The molecule has 0 amide bonds. The average Bonchev–Trinajstić information content (AvgIpc) is 3.28. The number of phenolic OH excluding ortho intramolecular Hbond substituents is 1. The van der Waals surface area contributed by atoms with E-state index in [9.17, 15) is 34.5 Å². The lowest BCUT2D eigenvalue weighted by Gasteiger charge is -2.39. The minimum atomic E-state index is -1.76. The Hall–Kier alpha value is -4.06. The van der Waals surface area contributed by atoms with E-state index in [4.69, 9.17) is 14.2 Å². The van der Waals surface area contributed by atoms with Crippen LogP contribution in [0.4, 0.5) is 0 Å². The molecule has 2 fully saturated rings. The van der Waals surface area contributed by atoms with Crippen LogP contribution in [-0.4, -0.2) is 74.2 Å². The summed E-state index contributed by atoms with van der Waals surface area (Å²) in [5.41, 5.74) is 0.952. The molecule has 0 spiro atoms. The maximum absolute atomic E-state index is 14.5. The second kappa shape index (κ2) is 10.0. The largest absolute Gasteiger partial charge is 0.507 e. The van der Waals surface area contributed by atoms with Gasteiger partial charge in [0, 0.05) is 16.7 Å². The number of aliphatic hydroxyl groups is 2. The lowest BCUT2D eigenvalue weighted by atomic mass is 9.78. The van der Waals surface area contributed by atoms with Crippen LogP contribution in [0.5, 0.6) is 11.5 Å². The number of aliphatic hydroxyl groups excluding tert-OH is 2. The fourth-order valence-corrected chi connectivity index (χ4v) is 6.16. The van der Waals surface area contributed by atoms with Gasteiger partial charge in [-0.1, -0.05) is 32.4 Å². The van der Waals surface area contributed by atoms with Gasteiger partial charge in [0.15, 0.2) is 11.6 Å². The molecule has 7 unspecified atom stereocenters. The van der Waals surface area contributed by atoms with Crippen LogP contribution in [-0.2, 0) is 19.1 Å². The summed E-state index contributed by atoms with van der Waals surface area (Å²) < 4.78 is 17.1. The number of hydrogen-bond donors (Lipinski definition) is 3. The van der Waals surface area contributed by atoms with E-state index < -0.39 is 60.2 Å². The Kier molecular flexibility index (Phi) is 6.71. The number of aryl methyl sites for hydroxylation is 1. The quantitative estimate of drug-likeness (QED) is 0.448. The summed E-state index contributed by atoms with van der Waals surface area (Å²) in [6.07, 6.45) is -6.01. The zero-order valence-electron chi connectivity index (χ0n) is 23.5. The Morgan fingerprint density at radius 3 is 2.52 bits per heavy atom. The Morgan fingerprint density at radius 2 is 1.81 bits per heavy atom. The standard InChI is InChI=1S/C31H31NO10/c1-5-12(2)10-17-30(39)42-29-16-9-13(3)11-18(33)20(16)22-23(32(17)29)26(36)21-15(25(22)35)7-6-8-19(21)41-31-28(38)27(37)24(34)14(4)40-31/h6-9,11-12,14,17,27-29,31,33,37-38H,5,10H2,1-4H3. The number of nitrogens with zero attached hydrogens (tertiary/aromatic N) is 1. The summed E-state index contributed by atoms with van der Waals surface area (Å²) in [5.74, 6) is -2.71. The molecule has 11 heteroatoms. The molecule has 2 aromatic rings. The maximum atomic E-state index is 14.5. The van der Waals surface area contributed by atoms with Crippen LogP contribution in [0.25, 0.3) is 5.57 Å². The number of aromatic hydroxyl groups is 1. The highest BCUT2D eigenvalue weighted by molar-refractivity contribution is 6.41. The van der Waals surface area contributed by atoms with Gasteiger partial charge < -0.3 is 34.4 Å². The predicted molar refractivity (Wildman–Crippen MR) is 145 cm³/mol. The van der Waals surface area contributed by atoms with Gasteiger partial charge in [0.05, 0.1) is 11.1 Å². The van der Waals surface area contributed by atoms with Crippen LogP contribution in [0, 0.1) is 12.8 Å². The van der Waals surface area contributed by atoms with E-state index in [2.05, 4.69) is 0 Å². The maximum Gasteiger partial charge on any atom is 0.331 e. The molecule has 0 aromatic heterocycles. The third-order valence-corrected chi connectivity index (χ3v) is 8.53. The van der Waals surface area contributed by atoms with Gasteiger partial charge in [-0.2, -0.15) is 0 Å². The van der Waals surface area contributed by atoms with Crippen molar-refractivity contribution in [2.24, 2.45) is 5.92 Å². The molecule has 11 nitrogen and oxygen atoms in total. The first-order valence-corrected chi connectivity index (χ1v) is 14.0. The minimum Gasteiger partial charge on any atom is -0.507 e.